The van der Waals surface area contributed by atoms with Crippen LogP contribution in [0.2, 0.25) is 0 Å². The average Bonchev–Trinajstić information content (AvgIpc) is 2.10. The Morgan fingerprint density at radius 1 is 0.750 bits per heavy atom. The Bertz CT molecular complexity index is 106. The summed E-state index contributed by atoms with van der Waals surface area (Å²) >= 11 is 0. The first-order valence-electron chi connectivity index (χ1n) is 3.91. The van der Waals surface area contributed by atoms with Crippen LogP contribution < -0.4 is 10.6 Å². The predicted molar refractivity (Wildman–Crippen MR) is 47.1 cm³/mol. The van der Waals surface area contributed by atoms with Crippen molar-refractivity contribution in [2.75, 3.05) is 39.3 Å². The summed E-state index contributed by atoms with van der Waals surface area (Å²) in [6.07, 6.45) is 0. The van der Waals surface area contributed by atoms with E-state index < -0.39 is 0 Å². The van der Waals surface area contributed by atoms with E-state index in [0.717, 1.165) is 13.1 Å². The predicted octanol–water partition coefficient (Wildman–Crippen LogP) is -0.302. The lowest BCUT2D eigenvalue weighted by Gasteiger charge is -2.02. The molecule has 0 amide bonds. The highest BCUT2D eigenvalue weighted by Crippen LogP contribution is 1.66. The molecule has 0 rings (SSSR count). The largest absolute Gasteiger partial charge is 0.313 e. The van der Waals surface area contributed by atoms with Gasteiger partial charge in [-0.2, -0.15) is 9.81 Å². The Balaban J connectivity index is 2.81. The van der Waals surface area contributed by atoms with Crippen molar-refractivity contribution in [2.45, 2.75) is 0 Å². The minimum absolute atomic E-state index is 0.301. The summed E-state index contributed by atoms with van der Waals surface area (Å²) < 4.78 is 0. The molecule has 2 N–H and O–H groups in total. The molecule has 0 heterocycles. The van der Waals surface area contributed by atoms with Crippen LogP contribution in [0.4, 0.5) is 0 Å². The maximum Gasteiger partial charge on any atom is 0.0935 e. The van der Waals surface area contributed by atoms with E-state index >= 15 is 0 Å². The number of nitrogens with one attached hydrogen (secondary N) is 2. The molecule has 0 saturated heterocycles. The molecule has 0 aromatic carbocycles. The minimum atomic E-state index is 0.301. The number of hydrogen-bond acceptors (Lipinski definition) is 6. The van der Waals surface area contributed by atoms with E-state index in [9.17, 15) is 9.81 Å². The van der Waals surface area contributed by atoms with E-state index in [1.165, 1.54) is 0 Å². The highest BCUT2D eigenvalue weighted by molar-refractivity contribution is 4.54. The fourth-order valence-corrected chi connectivity index (χ4v) is 0.676. The Morgan fingerprint density at radius 2 is 1.17 bits per heavy atom. The molecule has 0 aliphatic rings. The molecule has 6 nitrogen and oxygen atoms in total. The molecule has 0 spiro atoms. The van der Waals surface area contributed by atoms with Gasteiger partial charge in [-0.15, -0.1) is 0 Å². The third-order valence-electron chi connectivity index (χ3n) is 1.24. The van der Waals surface area contributed by atoms with E-state index in [-0.39, 0.29) is 0 Å². The normalized spacial score (nSPS) is 9.67. The van der Waals surface area contributed by atoms with Crippen LogP contribution in [0.15, 0.2) is 10.4 Å². The molecule has 0 aliphatic carbocycles. The molecule has 0 unspecified atom stereocenters. The van der Waals surface area contributed by atoms with Gasteiger partial charge in [-0.05, 0) is 0 Å². The lowest BCUT2D eigenvalue weighted by atomic mass is 10.5. The van der Waals surface area contributed by atoms with Gasteiger partial charge in [0, 0.05) is 26.2 Å². The zero-order valence-corrected chi connectivity index (χ0v) is 6.95. The van der Waals surface area contributed by atoms with Crippen LogP contribution in [-0.2, 0) is 0 Å². The summed E-state index contributed by atoms with van der Waals surface area (Å²) in [6, 6.07) is 0. The van der Waals surface area contributed by atoms with E-state index in [1.54, 1.807) is 0 Å². The standard InChI is InChI=1S/C6H14N4O2/c11-9-5-3-7-1-2-8-4-6-10-12/h7-8H,1-6H2. The zero-order valence-electron chi connectivity index (χ0n) is 6.95. The Morgan fingerprint density at radius 3 is 1.50 bits per heavy atom. The SMILES string of the molecule is O=NCCNCCNCCN=O. The second kappa shape index (κ2) is 10.1. The molecule has 0 atom stereocenters. The molecule has 0 bridgehead atoms. The van der Waals surface area contributed by atoms with Gasteiger partial charge in [0.2, 0.25) is 0 Å². The summed E-state index contributed by atoms with van der Waals surface area (Å²) in [5.41, 5.74) is 0. The zero-order chi connectivity index (χ0) is 9.07. The first-order chi connectivity index (χ1) is 5.91. The first-order valence-corrected chi connectivity index (χ1v) is 3.91. The van der Waals surface area contributed by atoms with E-state index in [0.29, 0.717) is 26.2 Å². The van der Waals surface area contributed by atoms with Crippen LogP contribution in [0.3, 0.4) is 0 Å². The molecule has 6 heteroatoms. The van der Waals surface area contributed by atoms with Crippen LogP contribution in [-0.4, -0.2) is 39.3 Å². The number of nitrogens with zero attached hydrogens (tertiary/aromatic N) is 2. The summed E-state index contributed by atoms with van der Waals surface area (Å²) in [5, 5.41) is 11.4. The highest BCUT2D eigenvalue weighted by Gasteiger charge is 1.87. The first kappa shape index (κ1) is 11.1. The van der Waals surface area contributed by atoms with Crippen molar-refractivity contribution in [3.8, 4) is 0 Å². The number of rotatable bonds is 9. The van der Waals surface area contributed by atoms with Gasteiger partial charge in [-0.25, -0.2) is 0 Å². The van der Waals surface area contributed by atoms with Gasteiger partial charge in [-0.3, -0.25) is 0 Å². The fraction of sp³-hybridized carbons (Fsp3) is 1.00. The summed E-state index contributed by atoms with van der Waals surface area (Å²) in [6.45, 7) is 3.36. The second-order valence-electron chi connectivity index (χ2n) is 2.21. The monoisotopic (exact) mass is 174 g/mol. The maximum atomic E-state index is 9.63. The fourth-order valence-electron chi connectivity index (χ4n) is 0.676. The summed E-state index contributed by atoms with van der Waals surface area (Å²) in [5.74, 6) is 0. The smallest absolute Gasteiger partial charge is 0.0935 e. The van der Waals surface area contributed by atoms with Crippen LogP contribution >= 0.6 is 0 Å². The van der Waals surface area contributed by atoms with Crippen molar-refractivity contribution in [2.24, 2.45) is 10.4 Å². The Hall–Kier alpha value is -0.880. The molecule has 0 fully saturated rings. The topological polar surface area (TPSA) is 82.9 Å². The quantitative estimate of drug-likeness (QED) is 0.371. The lowest BCUT2D eigenvalue weighted by Crippen LogP contribution is -2.30. The number of nitroso groups, excluding NO2 is 2. The Labute approximate surface area is 71.1 Å². The molecule has 70 valence electrons. The Kier molecular flexibility index (Phi) is 9.38. The lowest BCUT2D eigenvalue weighted by molar-refractivity contribution is 0.618. The van der Waals surface area contributed by atoms with Gasteiger partial charge < -0.3 is 10.6 Å². The van der Waals surface area contributed by atoms with E-state index in [4.69, 9.17) is 0 Å². The van der Waals surface area contributed by atoms with Crippen LogP contribution in [0.5, 0.6) is 0 Å². The van der Waals surface area contributed by atoms with Gasteiger partial charge in [0.25, 0.3) is 0 Å². The van der Waals surface area contributed by atoms with Crippen LogP contribution in [0, 0.1) is 9.81 Å². The third-order valence-corrected chi connectivity index (χ3v) is 1.24. The van der Waals surface area contributed by atoms with E-state index in [2.05, 4.69) is 21.0 Å². The third kappa shape index (κ3) is 9.12. The maximum absolute atomic E-state index is 9.63. The molecule has 0 radical (unpaired) electrons. The summed E-state index contributed by atoms with van der Waals surface area (Å²) in [4.78, 5) is 19.3. The van der Waals surface area contributed by atoms with Crippen molar-refractivity contribution >= 4 is 0 Å². The average molecular weight is 174 g/mol. The molecule has 0 aromatic rings. The van der Waals surface area contributed by atoms with Crippen molar-refractivity contribution in [1.29, 1.82) is 0 Å². The van der Waals surface area contributed by atoms with Crippen LogP contribution in [0.1, 0.15) is 0 Å². The van der Waals surface area contributed by atoms with Gasteiger partial charge >= 0.3 is 0 Å². The van der Waals surface area contributed by atoms with Crippen LogP contribution in [0.25, 0.3) is 0 Å². The molecule has 0 aliphatic heterocycles. The second-order valence-corrected chi connectivity index (χ2v) is 2.21. The van der Waals surface area contributed by atoms with Crippen molar-refractivity contribution in [3.63, 3.8) is 0 Å². The van der Waals surface area contributed by atoms with E-state index in [1.807, 2.05) is 0 Å². The van der Waals surface area contributed by atoms with Gasteiger partial charge in [-0.1, -0.05) is 10.4 Å². The van der Waals surface area contributed by atoms with Gasteiger partial charge in [0.15, 0.2) is 0 Å². The molecular weight excluding hydrogens is 160 g/mol. The molecule has 0 saturated carbocycles. The molecule has 0 aromatic heterocycles. The minimum Gasteiger partial charge on any atom is -0.313 e. The highest BCUT2D eigenvalue weighted by atomic mass is 16.3. The summed E-state index contributed by atoms with van der Waals surface area (Å²) in [7, 11) is 0. The van der Waals surface area contributed by atoms with Gasteiger partial charge in [0.1, 0.15) is 0 Å². The van der Waals surface area contributed by atoms with Gasteiger partial charge in [0.05, 0.1) is 13.1 Å². The van der Waals surface area contributed by atoms with Crippen molar-refractivity contribution in [1.82, 2.24) is 10.6 Å². The molecular formula is C6H14N4O2. The molecule has 12 heavy (non-hydrogen) atoms. The number of hydrogen-bond donors (Lipinski definition) is 2. The van der Waals surface area contributed by atoms with Crippen molar-refractivity contribution in [3.05, 3.63) is 9.81 Å². The van der Waals surface area contributed by atoms with Crippen molar-refractivity contribution < 1.29 is 0 Å².